The fraction of sp³-hybridized carbons (Fsp3) is 0.174. The lowest BCUT2D eigenvalue weighted by Crippen LogP contribution is -2.27. The minimum atomic E-state index is -0.468. The molecule has 0 unspecified atom stereocenters. The van der Waals surface area contributed by atoms with Crippen LogP contribution in [0.2, 0.25) is 0 Å². The second-order valence-electron chi connectivity index (χ2n) is 15.6. The number of halogens is 2. The Kier molecular flexibility index (Phi) is 9.72. The number of benzene rings is 2. The van der Waals surface area contributed by atoms with Crippen molar-refractivity contribution in [3.63, 3.8) is 0 Å². The number of rotatable bonds is 9. The molecule has 0 atom stereocenters. The van der Waals surface area contributed by atoms with Crippen LogP contribution in [0.1, 0.15) is 41.5 Å². The first kappa shape index (κ1) is 37.1. The zero-order valence-electron chi connectivity index (χ0n) is 32.1. The van der Waals surface area contributed by atoms with Crippen LogP contribution in [-0.4, -0.2) is 19.1 Å². The largest absolute Gasteiger partial charge is 0.299 e. The van der Waals surface area contributed by atoms with Crippen molar-refractivity contribution in [2.45, 2.75) is 52.6 Å². The van der Waals surface area contributed by atoms with Gasteiger partial charge in [-0.05, 0) is 150 Å². The summed E-state index contributed by atoms with van der Waals surface area (Å²) in [6.45, 7) is 12.0. The number of aromatic nitrogens is 4. The zero-order chi connectivity index (χ0) is 39.2. The first-order valence-electron chi connectivity index (χ1n) is 18.4. The first-order chi connectivity index (χ1) is 26.9. The fourth-order valence-electron chi connectivity index (χ4n) is 7.08. The van der Waals surface area contributed by atoms with Gasteiger partial charge in [-0.3, -0.25) is 28.9 Å². The molecule has 282 valence electrons. The molecule has 6 aromatic heterocycles. The molecule has 0 saturated carbocycles. The van der Waals surface area contributed by atoms with Gasteiger partial charge in [0.2, 0.25) is 0 Å². The highest BCUT2D eigenvalue weighted by Gasteiger charge is 2.27. The van der Waals surface area contributed by atoms with Crippen molar-refractivity contribution >= 4 is 57.1 Å². The van der Waals surface area contributed by atoms with Gasteiger partial charge >= 0.3 is 0 Å². The number of pyridine rings is 2. The minimum absolute atomic E-state index is 0.286. The van der Waals surface area contributed by atoms with Gasteiger partial charge in [0.1, 0.15) is 11.6 Å². The molecule has 0 aliphatic rings. The Balaban J connectivity index is 1.05. The van der Waals surface area contributed by atoms with Gasteiger partial charge in [0.05, 0.1) is 23.8 Å². The lowest BCUT2D eigenvalue weighted by molar-refractivity contribution is 0.340. The van der Waals surface area contributed by atoms with Crippen LogP contribution < -0.4 is 9.80 Å². The molecule has 8 aromatic rings. The van der Waals surface area contributed by atoms with Crippen molar-refractivity contribution in [2.24, 2.45) is 0 Å². The Morgan fingerprint density at radius 1 is 0.446 bits per heavy atom. The van der Waals surface area contributed by atoms with Crippen molar-refractivity contribution in [3.8, 4) is 30.6 Å². The molecule has 56 heavy (non-hydrogen) atoms. The second-order valence-corrected chi connectivity index (χ2v) is 17.7. The van der Waals surface area contributed by atoms with E-state index in [1.54, 1.807) is 56.6 Å². The standard InChI is InChI=1S/C46H42F2N6S2/c1-45(2,3)53-41(47)23-25-43(53)51(35-9-7-27-49-29-35)33-15-11-31(12-16-33)37-19-21-39(55-37)40-22-20-38(56-40)32-13-17-34(18-14-32)52(36-10-8-28-50-30-36)44-26-24-42(48)54(44)46(4,5)6/h7-30H,1-6H3. The van der Waals surface area contributed by atoms with Gasteiger partial charge in [0, 0.05) is 54.4 Å². The quantitative estimate of drug-likeness (QED) is 0.146. The van der Waals surface area contributed by atoms with Crippen molar-refractivity contribution < 1.29 is 8.78 Å². The van der Waals surface area contributed by atoms with Crippen molar-refractivity contribution in [3.05, 3.63) is 158 Å². The summed E-state index contributed by atoms with van der Waals surface area (Å²) >= 11 is 3.52. The van der Waals surface area contributed by atoms with Crippen LogP contribution in [-0.2, 0) is 11.1 Å². The van der Waals surface area contributed by atoms with Crippen molar-refractivity contribution in [1.82, 2.24) is 19.1 Å². The Morgan fingerprint density at radius 2 is 0.821 bits per heavy atom. The molecule has 8 rings (SSSR count). The second kappa shape index (κ2) is 14.7. The number of hydrogen-bond donors (Lipinski definition) is 0. The van der Waals surface area contributed by atoms with Gasteiger partial charge < -0.3 is 0 Å². The normalized spacial score (nSPS) is 11.9. The van der Waals surface area contributed by atoms with E-state index in [0.29, 0.717) is 0 Å². The Labute approximate surface area is 334 Å². The molecular weight excluding hydrogens is 739 g/mol. The maximum absolute atomic E-state index is 15.1. The number of hydrogen-bond acceptors (Lipinski definition) is 6. The number of anilines is 6. The molecule has 2 aromatic carbocycles. The summed E-state index contributed by atoms with van der Waals surface area (Å²) in [6.07, 6.45) is 7.08. The summed E-state index contributed by atoms with van der Waals surface area (Å²) in [5, 5.41) is 0. The maximum atomic E-state index is 15.1. The average Bonchev–Trinajstić information content (AvgIpc) is 4.00. The third-order valence-corrected chi connectivity index (χ3v) is 12.0. The molecule has 0 fully saturated rings. The third kappa shape index (κ3) is 7.18. The predicted molar refractivity (Wildman–Crippen MR) is 229 cm³/mol. The molecule has 0 bridgehead atoms. The van der Waals surface area contributed by atoms with Crippen LogP contribution in [0.3, 0.4) is 0 Å². The molecule has 0 aliphatic carbocycles. The SMILES string of the molecule is CC(C)(C)n1c(F)ccc1N(c1ccc(-c2ccc(-c3ccc(-c4ccc(N(c5cccnc5)c5ccc(F)n5C(C)(C)C)cc4)s3)s2)cc1)c1cccnc1. The van der Waals surface area contributed by atoms with E-state index in [-0.39, 0.29) is 11.9 Å². The first-order valence-corrected chi connectivity index (χ1v) is 20.1. The highest BCUT2D eigenvalue weighted by molar-refractivity contribution is 7.25. The molecule has 6 nitrogen and oxygen atoms in total. The zero-order valence-corrected chi connectivity index (χ0v) is 33.7. The van der Waals surface area contributed by atoms with Crippen LogP contribution in [0.25, 0.3) is 30.6 Å². The van der Waals surface area contributed by atoms with Crippen LogP contribution >= 0.6 is 22.7 Å². The summed E-state index contributed by atoms with van der Waals surface area (Å²) in [6, 6.07) is 40.0. The Hall–Kier alpha value is -5.84. The van der Waals surface area contributed by atoms with Gasteiger partial charge in [-0.15, -0.1) is 22.7 Å². The molecule has 0 radical (unpaired) electrons. The van der Waals surface area contributed by atoms with E-state index >= 15 is 8.78 Å². The third-order valence-electron chi connectivity index (χ3n) is 9.51. The molecule has 6 heterocycles. The topological polar surface area (TPSA) is 42.1 Å². The van der Waals surface area contributed by atoms with Gasteiger partial charge in [0.15, 0.2) is 11.9 Å². The molecule has 0 aliphatic heterocycles. The van der Waals surface area contributed by atoms with Gasteiger partial charge in [-0.25, -0.2) is 0 Å². The lowest BCUT2D eigenvalue weighted by Gasteiger charge is -2.31. The molecule has 0 N–H and O–H groups in total. The summed E-state index contributed by atoms with van der Waals surface area (Å²) in [4.78, 5) is 17.5. The number of nitrogens with zero attached hydrogens (tertiary/aromatic N) is 6. The highest BCUT2D eigenvalue weighted by atomic mass is 32.1. The van der Waals surface area contributed by atoms with E-state index in [1.165, 1.54) is 21.9 Å². The molecule has 0 amide bonds. The van der Waals surface area contributed by atoms with Crippen LogP contribution in [0.4, 0.5) is 43.2 Å². The Bertz CT molecular complexity index is 2390. The van der Waals surface area contributed by atoms with Crippen molar-refractivity contribution in [1.29, 1.82) is 0 Å². The van der Waals surface area contributed by atoms with Crippen LogP contribution in [0, 0.1) is 11.9 Å². The van der Waals surface area contributed by atoms with E-state index < -0.39 is 11.1 Å². The average molecular weight is 781 g/mol. The summed E-state index contributed by atoms with van der Waals surface area (Å²) in [5.74, 6) is 0.889. The van der Waals surface area contributed by atoms with Crippen molar-refractivity contribution in [2.75, 3.05) is 9.80 Å². The van der Waals surface area contributed by atoms with E-state index in [4.69, 9.17) is 0 Å². The van der Waals surface area contributed by atoms with Crippen LogP contribution in [0.15, 0.2) is 146 Å². The fourth-order valence-corrected chi connectivity index (χ4v) is 9.19. The molecular formula is C46H42F2N6S2. The summed E-state index contributed by atoms with van der Waals surface area (Å²) in [7, 11) is 0. The maximum Gasteiger partial charge on any atom is 0.195 e. The number of thiophene rings is 2. The van der Waals surface area contributed by atoms with E-state index in [0.717, 1.165) is 55.3 Å². The van der Waals surface area contributed by atoms with E-state index in [9.17, 15) is 0 Å². The van der Waals surface area contributed by atoms with Gasteiger partial charge in [-0.1, -0.05) is 24.3 Å². The molecule has 10 heteroatoms. The van der Waals surface area contributed by atoms with Gasteiger partial charge in [0.25, 0.3) is 0 Å². The van der Waals surface area contributed by atoms with Gasteiger partial charge in [-0.2, -0.15) is 8.78 Å². The Morgan fingerprint density at radius 3 is 1.16 bits per heavy atom. The summed E-state index contributed by atoms with van der Waals surface area (Å²) < 4.78 is 33.7. The molecule has 0 spiro atoms. The smallest absolute Gasteiger partial charge is 0.195 e. The van der Waals surface area contributed by atoms with E-state index in [1.807, 2.05) is 87.7 Å². The van der Waals surface area contributed by atoms with E-state index in [2.05, 4.69) is 82.8 Å². The monoisotopic (exact) mass is 780 g/mol. The predicted octanol–water partition coefficient (Wildman–Crippen LogP) is 13.9. The molecule has 0 saturated heterocycles. The lowest BCUT2D eigenvalue weighted by atomic mass is 10.1. The highest BCUT2D eigenvalue weighted by Crippen LogP contribution is 2.44. The van der Waals surface area contributed by atoms with Crippen LogP contribution in [0.5, 0.6) is 0 Å². The summed E-state index contributed by atoms with van der Waals surface area (Å²) in [5.41, 5.74) is 4.80. The minimum Gasteiger partial charge on any atom is -0.299 e.